The molecule has 2 heterocycles. The topological polar surface area (TPSA) is 42.3 Å². The van der Waals surface area contributed by atoms with Gasteiger partial charge in [-0.1, -0.05) is 29.3 Å². The number of rotatable bonds is 2. The molecule has 0 saturated heterocycles. The fraction of sp³-hybridized carbons (Fsp3) is 0.286. The minimum atomic E-state index is -3.68. The molecule has 0 bridgehead atoms. The average Bonchev–Trinajstić information content (AvgIpc) is 2.91. The van der Waals surface area contributed by atoms with Gasteiger partial charge in [0.1, 0.15) is 4.90 Å². The Kier molecular flexibility index (Phi) is 3.78. The lowest BCUT2D eigenvalue weighted by Gasteiger charge is -2.34. The predicted octanol–water partition coefficient (Wildman–Crippen LogP) is 3.56. The van der Waals surface area contributed by atoms with E-state index in [0.717, 1.165) is 5.69 Å². The van der Waals surface area contributed by atoms with Gasteiger partial charge in [-0.2, -0.15) is 4.31 Å². The molecule has 21 heavy (non-hydrogen) atoms. The fourth-order valence-electron chi connectivity index (χ4n) is 2.70. The molecule has 1 atom stereocenters. The molecule has 1 aromatic heterocycles. The summed E-state index contributed by atoms with van der Waals surface area (Å²) >= 11 is 12.0. The first-order valence-electron chi connectivity index (χ1n) is 6.54. The monoisotopic (exact) mass is 344 g/mol. The van der Waals surface area contributed by atoms with E-state index in [1.165, 1.54) is 10.4 Å². The highest BCUT2D eigenvalue weighted by atomic mass is 35.5. The molecule has 4 nitrogen and oxygen atoms in total. The van der Waals surface area contributed by atoms with Gasteiger partial charge in [-0.3, -0.25) is 0 Å². The smallest absolute Gasteiger partial charge is 0.245 e. The number of hydrogen-bond acceptors (Lipinski definition) is 2. The largest absolute Gasteiger partial charge is 0.349 e. The summed E-state index contributed by atoms with van der Waals surface area (Å²) in [5, 5.41) is 0.318. The maximum Gasteiger partial charge on any atom is 0.245 e. The van der Waals surface area contributed by atoms with Crippen molar-refractivity contribution in [1.29, 1.82) is 0 Å². The van der Waals surface area contributed by atoms with E-state index in [4.69, 9.17) is 23.2 Å². The Morgan fingerprint density at radius 3 is 2.67 bits per heavy atom. The van der Waals surface area contributed by atoms with Crippen LogP contribution in [0.5, 0.6) is 0 Å². The van der Waals surface area contributed by atoms with Crippen molar-refractivity contribution in [3.8, 4) is 0 Å². The molecule has 0 unspecified atom stereocenters. The summed E-state index contributed by atoms with van der Waals surface area (Å²) in [6.45, 7) is 2.92. The molecule has 0 N–H and O–H groups in total. The van der Waals surface area contributed by atoms with Crippen LogP contribution in [0.2, 0.25) is 10.0 Å². The van der Waals surface area contributed by atoms with Gasteiger partial charge >= 0.3 is 0 Å². The summed E-state index contributed by atoms with van der Waals surface area (Å²) in [6.07, 6.45) is 1.96. The third kappa shape index (κ3) is 2.38. The highest BCUT2D eigenvalue weighted by molar-refractivity contribution is 7.89. The predicted molar refractivity (Wildman–Crippen MR) is 83.2 cm³/mol. The summed E-state index contributed by atoms with van der Waals surface area (Å²) in [5.41, 5.74) is 0.975. The van der Waals surface area contributed by atoms with Crippen molar-refractivity contribution in [1.82, 2.24) is 8.87 Å². The second-order valence-electron chi connectivity index (χ2n) is 4.97. The zero-order valence-electron chi connectivity index (χ0n) is 11.3. The van der Waals surface area contributed by atoms with E-state index < -0.39 is 10.0 Å². The van der Waals surface area contributed by atoms with E-state index in [0.29, 0.717) is 13.1 Å². The second-order valence-corrected chi connectivity index (χ2v) is 7.61. The van der Waals surface area contributed by atoms with Gasteiger partial charge in [-0.25, -0.2) is 8.42 Å². The molecule has 0 amide bonds. The van der Waals surface area contributed by atoms with Crippen LogP contribution in [0, 0.1) is 0 Å². The lowest BCUT2D eigenvalue weighted by Crippen LogP contribution is -2.40. The van der Waals surface area contributed by atoms with E-state index in [-0.39, 0.29) is 21.0 Å². The standard InChI is InChI=1S/C14H14Cl2N2O2S/c1-10-12-5-3-7-17(12)8-9-18(10)21(19,20)13-6-2-4-11(15)14(13)16/h2-7,10H,8-9H2,1H3/t10-/m1/s1. The van der Waals surface area contributed by atoms with Crippen LogP contribution in [-0.2, 0) is 16.6 Å². The van der Waals surface area contributed by atoms with E-state index in [2.05, 4.69) is 4.57 Å². The zero-order valence-corrected chi connectivity index (χ0v) is 13.7. The summed E-state index contributed by atoms with van der Waals surface area (Å²) in [6, 6.07) is 8.28. The SMILES string of the molecule is C[C@@H]1c2cccn2CCN1S(=O)(=O)c1cccc(Cl)c1Cl. The van der Waals surface area contributed by atoms with Crippen LogP contribution in [0.3, 0.4) is 0 Å². The Bertz CT molecular complexity index is 786. The Balaban J connectivity index is 2.06. The van der Waals surface area contributed by atoms with Gasteiger partial charge in [-0.15, -0.1) is 0 Å². The molecular weight excluding hydrogens is 331 g/mol. The number of hydrogen-bond donors (Lipinski definition) is 0. The first kappa shape index (κ1) is 14.9. The number of fused-ring (bicyclic) bond motifs is 1. The van der Waals surface area contributed by atoms with E-state index in [9.17, 15) is 8.42 Å². The summed E-state index contributed by atoms with van der Waals surface area (Å²) in [5.74, 6) is 0. The maximum absolute atomic E-state index is 12.9. The van der Waals surface area contributed by atoms with Gasteiger partial charge in [0.25, 0.3) is 0 Å². The van der Waals surface area contributed by atoms with Crippen LogP contribution in [0.4, 0.5) is 0 Å². The van der Waals surface area contributed by atoms with Crippen LogP contribution in [0.25, 0.3) is 0 Å². The molecule has 7 heteroatoms. The molecular formula is C14H14Cl2N2O2S. The van der Waals surface area contributed by atoms with Crippen molar-refractivity contribution in [3.63, 3.8) is 0 Å². The average molecular weight is 345 g/mol. The first-order valence-corrected chi connectivity index (χ1v) is 8.73. The summed E-state index contributed by atoms with van der Waals surface area (Å²) in [4.78, 5) is 0.0588. The van der Waals surface area contributed by atoms with E-state index >= 15 is 0 Å². The molecule has 0 spiro atoms. The van der Waals surface area contributed by atoms with Crippen LogP contribution in [0.15, 0.2) is 41.4 Å². The summed E-state index contributed by atoms with van der Waals surface area (Å²) in [7, 11) is -3.68. The number of halogens is 2. The third-order valence-corrected chi connectivity index (χ3v) is 6.73. The van der Waals surface area contributed by atoms with Crippen LogP contribution in [-0.4, -0.2) is 23.8 Å². The molecule has 2 aromatic rings. The van der Waals surface area contributed by atoms with Crippen LogP contribution in [0.1, 0.15) is 18.7 Å². The Morgan fingerprint density at radius 1 is 1.14 bits per heavy atom. The van der Waals surface area contributed by atoms with Gasteiger partial charge in [0.05, 0.1) is 16.1 Å². The Hall–Kier alpha value is -1.01. The first-order chi connectivity index (χ1) is 9.93. The van der Waals surface area contributed by atoms with Crippen molar-refractivity contribution < 1.29 is 8.42 Å². The lowest BCUT2D eigenvalue weighted by atomic mass is 10.2. The quantitative estimate of drug-likeness (QED) is 0.835. The van der Waals surface area contributed by atoms with Crippen molar-refractivity contribution in [2.45, 2.75) is 24.4 Å². The molecule has 1 aliphatic heterocycles. The number of benzene rings is 1. The highest BCUT2D eigenvalue weighted by Gasteiger charge is 2.35. The minimum Gasteiger partial charge on any atom is -0.349 e. The molecule has 3 rings (SSSR count). The molecule has 1 aliphatic rings. The molecule has 0 fully saturated rings. The van der Waals surface area contributed by atoms with E-state index in [1.807, 2.05) is 25.3 Å². The number of nitrogens with zero attached hydrogens (tertiary/aromatic N) is 2. The van der Waals surface area contributed by atoms with Crippen molar-refractivity contribution in [2.75, 3.05) is 6.54 Å². The molecule has 0 saturated carbocycles. The number of aromatic nitrogens is 1. The molecule has 0 aliphatic carbocycles. The number of sulfonamides is 1. The van der Waals surface area contributed by atoms with Gasteiger partial charge in [-0.05, 0) is 31.2 Å². The van der Waals surface area contributed by atoms with Crippen molar-refractivity contribution >= 4 is 33.2 Å². The fourth-order valence-corrected chi connectivity index (χ4v) is 5.03. The van der Waals surface area contributed by atoms with Crippen LogP contribution >= 0.6 is 23.2 Å². The Morgan fingerprint density at radius 2 is 1.90 bits per heavy atom. The lowest BCUT2D eigenvalue weighted by molar-refractivity contribution is 0.282. The summed E-state index contributed by atoms with van der Waals surface area (Å²) < 4.78 is 29.3. The molecule has 0 radical (unpaired) electrons. The Labute approximate surface area is 133 Å². The highest BCUT2D eigenvalue weighted by Crippen LogP contribution is 2.35. The van der Waals surface area contributed by atoms with E-state index in [1.54, 1.807) is 12.1 Å². The third-order valence-electron chi connectivity index (χ3n) is 3.79. The zero-order chi connectivity index (χ0) is 15.2. The second kappa shape index (κ2) is 5.32. The van der Waals surface area contributed by atoms with Gasteiger partial charge in [0.15, 0.2) is 0 Å². The van der Waals surface area contributed by atoms with Gasteiger partial charge in [0, 0.05) is 25.0 Å². The van der Waals surface area contributed by atoms with Crippen LogP contribution < -0.4 is 0 Å². The minimum absolute atomic E-state index is 0.0588. The molecule has 1 aromatic carbocycles. The molecule has 112 valence electrons. The van der Waals surface area contributed by atoms with Crippen molar-refractivity contribution in [3.05, 3.63) is 52.3 Å². The normalized spacial score (nSPS) is 19.5. The van der Waals surface area contributed by atoms with Crippen molar-refractivity contribution in [2.24, 2.45) is 0 Å². The van der Waals surface area contributed by atoms with Gasteiger partial charge < -0.3 is 4.57 Å². The van der Waals surface area contributed by atoms with Gasteiger partial charge in [0.2, 0.25) is 10.0 Å². The maximum atomic E-state index is 12.9.